The second-order valence-corrected chi connectivity index (χ2v) is 4.23. The molecule has 1 aromatic carbocycles. The van der Waals surface area contributed by atoms with Gasteiger partial charge >= 0.3 is 0 Å². The Balaban J connectivity index is 3.18. The van der Waals surface area contributed by atoms with Crippen molar-refractivity contribution in [3.63, 3.8) is 0 Å². The van der Waals surface area contributed by atoms with Crippen LogP contribution >= 0.6 is 0 Å². The lowest BCUT2D eigenvalue weighted by Crippen LogP contribution is -2.09. The third-order valence-electron chi connectivity index (χ3n) is 2.70. The maximum absolute atomic E-state index is 4.48. The van der Waals surface area contributed by atoms with E-state index in [4.69, 9.17) is 0 Å². The molecule has 0 aliphatic carbocycles. The summed E-state index contributed by atoms with van der Waals surface area (Å²) in [6.07, 6.45) is 2.13. The first-order valence-corrected chi connectivity index (χ1v) is 5.93. The van der Waals surface area contributed by atoms with E-state index >= 15 is 0 Å². The average molecular weight is 218 g/mol. The molecule has 0 amide bonds. The van der Waals surface area contributed by atoms with Crippen LogP contribution in [0.25, 0.3) is 0 Å². The molecule has 0 aliphatic rings. The van der Waals surface area contributed by atoms with E-state index in [1.807, 2.05) is 19.1 Å². The van der Waals surface area contributed by atoms with Gasteiger partial charge in [0.15, 0.2) is 0 Å². The van der Waals surface area contributed by atoms with E-state index in [1.165, 1.54) is 16.7 Å². The first kappa shape index (κ1) is 12.8. The first-order valence-electron chi connectivity index (χ1n) is 5.93. The lowest BCUT2D eigenvalue weighted by Gasteiger charge is -2.12. The van der Waals surface area contributed by atoms with Crippen LogP contribution in [0.3, 0.4) is 0 Å². The van der Waals surface area contributed by atoms with Crippen LogP contribution in [-0.2, 0) is 12.8 Å². The van der Waals surface area contributed by atoms with Crippen molar-refractivity contribution in [1.29, 1.82) is 0 Å². The van der Waals surface area contributed by atoms with E-state index < -0.39 is 0 Å². The lowest BCUT2D eigenvalue weighted by molar-refractivity contribution is 0.438. The minimum absolute atomic E-state index is 1.06. The van der Waals surface area contributed by atoms with Gasteiger partial charge in [-0.3, -0.25) is 0 Å². The van der Waals surface area contributed by atoms with Crippen molar-refractivity contribution in [2.75, 3.05) is 14.1 Å². The van der Waals surface area contributed by atoms with Crippen molar-refractivity contribution in [2.45, 2.75) is 33.6 Å². The van der Waals surface area contributed by atoms with E-state index in [2.05, 4.69) is 44.1 Å². The molecule has 0 atom stereocenters. The van der Waals surface area contributed by atoms with Crippen LogP contribution in [0.5, 0.6) is 0 Å². The molecule has 0 spiro atoms. The van der Waals surface area contributed by atoms with Gasteiger partial charge in [-0.25, -0.2) is 0 Å². The summed E-state index contributed by atoms with van der Waals surface area (Å²) < 4.78 is 0. The highest BCUT2D eigenvalue weighted by Crippen LogP contribution is 2.15. The summed E-state index contributed by atoms with van der Waals surface area (Å²) in [6, 6.07) is 6.70. The average Bonchev–Trinajstić information content (AvgIpc) is 2.27. The summed E-state index contributed by atoms with van der Waals surface area (Å²) in [5.74, 6) is 0. The summed E-state index contributed by atoms with van der Waals surface area (Å²) in [6.45, 7) is 6.45. The number of rotatable bonds is 4. The molecule has 1 rings (SSSR count). The van der Waals surface area contributed by atoms with Gasteiger partial charge in [0.05, 0.1) is 5.71 Å². The Kier molecular flexibility index (Phi) is 4.53. The maximum atomic E-state index is 4.48. The third-order valence-corrected chi connectivity index (χ3v) is 2.70. The highest BCUT2D eigenvalue weighted by molar-refractivity contribution is 6.00. The number of hydrogen-bond donors (Lipinski definition) is 0. The number of benzene rings is 1. The number of nitrogens with zero attached hydrogens (tertiary/aromatic N) is 2. The fourth-order valence-corrected chi connectivity index (χ4v) is 1.84. The van der Waals surface area contributed by atoms with Gasteiger partial charge in [-0.2, -0.15) is 5.10 Å². The van der Waals surface area contributed by atoms with Crippen LogP contribution in [0, 0.1) is 0 Å². The molecule has 0 fully saturated rings. The van der Waals surface area contributed by atoms with Crippen LogP contribution in [0.1, 0.15) is 37.5 Å². The predicted molar refractivity (Wildman–Crippen MR) is 71.1 cm³/mol. The van der Waals surface area contributed by atoms with Gasteiger partial charge in [0.1, 0.15) is 0 Å². The topological polar surface area (TPSA) is 15.6 Å². The molecule has 2 heteroatoms. The fourth-order valence-electron chi connectivity index (χ4n) is 1.84. The molecule has 0 unspecified atom stereocenters. The molecule has 0 N–H and O–H groups in total. The SMILES string of the molecule is CCc1ccc(CC)c(/C(C)=N/N(C)C)c1. The van der Waals surface area contributed by atoms with Crippen molar-refractivity contribution in [1.82, 2.24) is 5.01 Å². The van der Waals surface area contributed by atoms with Crippen LogP contribution in [-0.4, -0.2) is 24.8 Å². The molecule has 1 aromatic rings. The molecule has 0 saturated heterocycles. The zero-order valence-corrected chi connectivity index (χ0v) is 11.0. The first-order chi connectivity index (χ1) is 7.58. The van der Waals surface area contributed by atoms with Crippen LogP contribution in [0.15, 0.2) is 23.3 Å². The van der Waals surface area contributed by atoms with E-state index in [0.717, 1.165) is 18.6 Å². The summed E-state index contributed by atoms with van der Waals surface area (Å²) >= 11 is 0. The van der Waals surface area contributed by atoms with Crippen molar-refractivity contribution < 1.29 is 0 Å². The zero-order valence-electron chi connectivity index (χ0n) is 11.0. The van der Waals surface area contributed by atoms with E-state index in [0.29, 0.717) is 0 Å². The Morgan fingerprint density at radius 3 is 2.38 bits per heavy atom. The second kappa shape index (κ2) is 5.69. The molecule has 2 nitrogen and oxygen atoms in total. The summed E-state index contributed by atoms with van der Waals surface area (Å²) in [7, 11) is 3.91. The minimum Gasteiger partial charge on any atom is -0.303 e. The Morgan fingerprint density at radius 1 is 1.19 bits per heavy atom. The number of aryl methyl sites for hydroxylation is 2. The largest absolute Gasteiger partial charge is 0.303 e. The molecule has 0 saturated carbocycles. The molecule has 16 heavy (non-hydrogen) atoms. The molecule has 0 aliphatic heterocycles. The summed E-state index contributed by atoms with van der Waals surface area (Å²) in [5.41, 5.74) is 5.13. The van der Waals surface area contributed by atoms with E-state index in [9.17, 15) is 0 Å². The molecule has 0 bridgehead atoms. The highest BCUT2D eigenvalue weighted by atomic mass is 15.4. The number of hydrazone groups is 1. The van der Waals surface area contributed by atoms with Gasteiger partial charge in [0.25, 0.3) is 0 Å². The van der Waals surface area contributed by atoms with Crippen LogP contribution in [0.2, 0.25) is 0 Å². The van der Waals surface area contributed by atoms with E-state index in [-0.39, 0.29) is 0 Å². The van der Waals surface area contributed by atoms with Gasteiger partial charge in [-0.05, 0) is 37.0 Å². The van der Waals surface area contributed by atoms with Gasteiger partial charge in [-0.1, -0.05) is 26.0 Å². The van der Waals surface area contributed by atoms with Gasteiger partial charge in [-0.15, -0.1) is 0 Å². The van der Waals surface area contributed by atoms with E-state index in [1.54, 1.807) is 0 Å². The van der Waals surface area contributed by atoms with Crippen molar-refractivity contribution in [3.05, 3.63) is 34.9 Å². The Hall–Kier alpha value is -1.31. The van der Waals surface area contributed by atoms with Crippen LogP contribution in [0.4, 0.5) is 0 Å². The summed E-state index contributed by atoms with van der Waals surface area (Å²) in [5, 5.41) is 6.34. The minimum atomic E-state index is 1.06. The Labute approximate surface area is 99.0 Å². The second-order valence-electron chi connectivity index (χ2n) is 4.23. The molecule has 0 aromatic heterocycles. The van der Waals surface area contributed by atoms with Gasteiger partial charge < -0.3 is 5.01 Å². The molecule has 0 radical (unpaired) electrons. The monoisotopic (exact) mass is 218 g/mol. The van der Waals surface area contributed by atoms with Crippen molar-refractivity contribution >= 4 is 5.71 Å². The quantitative estimate of drug-likeness (QED) is 0.560. The van der Waals surface area contributed by atoms with Gasteiger partial charge in [0.2, 0.25) is 0 Å². The molecular formula is C14H22N2. The predicted octanol–water partition coefficient (Wildman–Crippen LogP) is 3.10. The molecule has 88 valence electrons. The van der Waals surface area contributed by atoms with Crippen molar-refractivity contribution in [3.8, 4) is 0 Å². The smallest absolute Gasteiger partial charge is 0.0649 e. The Bertz CT molecular complexity index is 378. The highest BCUT2D eigenvalue weighted by Gasteiger charge is 2.05. The zero-order chi connectivity index (χ0) is 12.1. The molecular weight excluding hydrogens is 196 g/mol. The lowest BCUT2D eigenvalue weighted by atomic mass is 9.98. The van der Waals surface area contributed by atoms with Gasteiger partial charge in [0, 0.05) is 19.7 Å². The van der Waals surface area contributed by atoms with Crippen LogP contribution < -0.4 is 0 Å². The standard InChI is InChI=1S/C14H22N2/c1-6-12-8-9-13(7-2)14(10-12)11(3)15-16(4)5/h8-10H,6-7H2,1-5H3/b15-11+. The fraction of sp³-hybridized carbons (Fsp3) is 0.500. The normalized spacial score (nSPS) is 11.7. The number of hydrogen-bond acceptors (Lipinski definition) is 2. The Morgan fingerprint density at radius 2 is 1.88 bits per heavy atom. The summed E-state index contributed by atoms with van der Waals surface area (Å²) in [4.78, 5) is 0. The third kappa shape index (κ3) is 3.09. The molecule has 0 heterocycles. The van der Waals surface area contributed by atoms with Crippen molar-refractivity contribution in [2.24, 2.45) is 5.10 Å². The maximum Gasteiger partial charge on any atom is 0.0649 e.